The fourth-order valence-electron chi connectivity index (χ4n) is 1.32. The summed E-state index contributed by atoms with van der Waals surface area (Å²) in [5.41, 5.74) is 8.55. The topological polar surface area (TPSA) is 67.6 Å². The second-order valence-electron chi connectivity index (χ2n) is 2.83. The number of nitrogens with zero attached hydrogens (tertiary/aromatic N) is 2. The van der Waals surface area contributed by atoms with Gasteiger partial charge >= 0.3 is 0 Å². The van der Waals surface area contributed by atoms with Crippen LogP contribution in [0.15, 0.2) is 9.85 Å². The first-order valence-corrected chi connectivity index (χ1v) is 5.80. The minimum absolute atomic E-state index is 0.558. The predicted octanol–water partition coefficient (Wildman–Crippen LogP) is 2.44. The number of aromatic nitrogens is 3. The molecular weight excluding hydrogens is 264 g/mol. The monoisotopic (exact) mass is 272 g/mol. The van der Waals surface area contributed by atoms with Gasteiger partial charge in [0.2, 0.25) is 0 Å². The number of anilines is 1. The highest BCUT2D eigenvalue weighted by Gasteiger charge is 2.15. The Hall–Kier alpha value is -0.880. The van der Waals surface area contributed by atoms with E-state index in [9.17, 15) is 0 Å². The molecule has 0 bridgehead atoms. The van der Waals surface area contributed by atoms with Crippen molar-refractivity contribution in [3.8, 4) is 11.4 Å². The van der Waals surface area contributed by atoms with Crippen LogP contribution in [0.4, 0.5) is 5.82 Å². The zero-order valence-corrected chi connectivity index (χ0v) is 9.94. The number of hydrogen-bond acceptors (Lipinski definition) is 4. The fraction of sp³-hybridized carbons (Fsp3) is 0.250. The minimum Gasteiger partial charge on any atom is -0.382 e. The maximum Gasteiger partial charge on any atom is 0.149 e. The fourth-order valence-corrected chi connectivity index (χ4v) is 2.53. The van der Waals surface area contributed by atoms with Crippen molar-refractivity contribution in [1.82, 2.24) is 14.6 Å². The van der Waals surface area contributed by atoms with Gasteiger partial charge < -0.3 is 5.73 Å². The molecule has 0 spiro atoms. The molecule has 0 fully saturated rings. The number of rotatable bonds is 2. The van der Waals surface area contributed by atoms with E-state index in [0.717, 1.165) is 27.8 Å². The zero-order valence-electron chi connectivity index (χ0n) is 7.54. The van der Waals surface area contributed by atoms with Crippen LogP contribution in [0.25, 0.3) is 11.4 Å². The number of nitrogen functional groups attached to an aromatic ring is 1. The summed E-state index contributed by atoms with van der Waals surface area (Å²) in [6.45, 7) is 2.05. The van der Waals surface area contributed by atoms with Gasteiger partial charge in [-0.2, -0.15) is 9.47 Å². The first-order chi connectivity index (χ1) is 6.74. The number of nitrogens with two attached hydrogens (primary N) is 1. The summed E-state index contributed by atoms with van der Waals surface area (Å²) >= 11 is 4.84. The Bertz CT molecular complexity index is 448. The number of hydrogen-bond donors (Lipinski definition) is 2. The number of aromatic amines is 1. The third-order valence-corrected chi connectivity index (χ3v) is 3.55. The average molecular weight is 273 g/mol. The van der Waals surface area contributed by atoms with Gasteiger partial charge in [-0.15, -0.1) is 0 Å². The maximum absolute atomic E-state index is 5.73. The van der Waals surface area contributed by atoms with Crippen molar-refractivity contribution in [3.63, 3.8) is 0 Å². The second-order valence-corrected chi connectivity index (χ2v) is 4.31. The van der Waals surface area contributed by atoms with Crippen LogP contribution in [-0.4, -0.2) is 14.6 Å². The molecule has 0 amide bonds. The summed E-state index contributed by atoms with van der Waals surface area (Å²) in [5.74, 6) is 0.558. The van der Waals surface area contributed by atoms with Crippen molar-refractivity contribution < 1.29 is 0 Å². The van der Waals surface area contributed by atoms with Crippen LogP contribution in [0.1, 0.15) is 12.5 Å². The van der Waals surface area contributed by atoms with Gasteiger partial charge in [-0.05, 0) is 33.9 Å². The Balaban J connectivity index is 2.57. The Kier molecular flexibility index (Phi) is 2.56. The van der Waals surface area contributed by atoms with Crippen molar-refractivity contribution in [2.75, 3.05) is 5.73 Å². The molecule has 4 nitrogen and oxygen atoms in total. The van der Waals surface area contributed by atoms with Gasteiger partial charge in [-0.3, -0.25) is 5.10 Å². The van der Waals surface area contributed by atoms with Crippen molar-refractivity contribution in [1.29, 1.82) is 0 Å². The number of halogens is 1. The second kappa shape index (κ2) is 3.70. The maximum atomic E-state index is 5.73. The summed E-state index contributed by atoms with van der Waals surface area (Å²) in [7, 11) is 0. The molecule has 2 heterocycles. The zero-order chi connectivity index (χ0) is 10.1. The molecule has 0 atom stereocenters. The standard InChI is InChI=1S/C8H9BrN4S/c1-2-4-6(11-12-8(4)10)7-5(9)3-14-13-7/h3H,2H2,1H3,(H3,10,11,12). The lowest BCUT2D eigenvalue weighted by molar-refractivity contribution is 1.10. The van der Waals surface area contributed by atoms with E-state index < -0.39 is 0 Å². The average Bonchev–Trinajstić information content (AvgIpc) is 2.71. The van der Waals surface area contributed by atoms with Gasteiger partial charge in [0.1, 0.15) is 11.5 Å². The smallest absolute Gasteiger partial charge is 0.149 e. The molecule has 0 unspecified atom stereocenters. The summed E-state index contributed by atoms with van der Waals surface area (Å²) in [6.07, 6.45) is 0.849. The van der Waals surface area contributed by atoms with Crippen molar-refractivity contribution in [2.45, 2.75) is 13.3 Å². The van der Waals surface area contributed by atoms with Crippen LogP contribution >= 0.6 is 27.5 Å². The first kappa shape index (κ1) is 9.67. The van der Waals surface area contributed by atoms with Crippen LogP contribution < -0.4 is 5.73 Å². The van der Waals surface area contributed by atoms with E-state index in [2.05, 4.69) is 30.5 Å². The molecule has 14 heavy (non-hydrogen) atoms. The lowest BCUT2D eigenvalue weighted by Crippen LogP contribution is -1.91. The molecule has 2 rings (SSSR count). The summed E-state index contributed by atoms with van der Waals surface area (Å²) in [5, 5.41) is 8.82. The normalized spacial score (nSPS) is 10.7. The molecule has 0 saturated heterocycles. The third-order valence-electron chi connectivity index (χ3n) is 2.02. The Labute approximate surface area is 93.8 Å². The van der Waals surface area contributed by atoms with E-state index >= 15 is 0 Å². The lowest BCUT2D eigenvalue weighted by atomic mass is 10.1. The molecule has 0 saturated carbocycles. The van der Waals surface area contributed by atoms with Crippen LogP contribution in [-0.2, 0) is 6.42 Å². The van der Waals surface area contributed by atoms with Gasteiger partial charge in [0.15, 0.2) is 0 Å². The van der Waals surface area contributed by atoms with Crippen molar-refractivity contribution in [3.05, 3.63) is 15.4 Å². The molecule has 0 aliphatic rings. The van der Waals surface area contributed by atoms with Crippen molar-refractivity contribution in [2.24, 2.45) is 0 Å². The summed E-state index contributed by atoms with van der Waals surface area (Å²) in [6, 6.07) is 0. The minimum atomic E-state index is 0.558. The van der Waals surface area contributed by atoms with Gasteiger partial charge in [0.25, 0.3) is 0 Å². The number of nitrogens with one attached hydrogen (secondary N) is 1. The highest BCUT2D eigenvalue weighted by Crippen LogP contribution is 2.31. The highest BCUT2D eigenvalue weighted by molar-refractivity contribution is 9.10. The SMILES string of the molecule is CCc1c(N)n[nH]c1-c1nscc1Br. The van der Waals surface area contributed by atoms with Crippen LogP contribution in [0.5, 0.6) is 0 Å². The van der Waals surface area contributed by atoms with Gasteiger partial charge in [-0.25, -0.2) is 0 Å². The molecule has 6 heteroatoms. The first-order valence-electron chi connectivity index (χ1n) is 4.17. The number of H-pyrrole nitrogens is 1. The molecule has 2 aromatic rings. The van der Waals surface area contributed by atoms with Gasteiger partial charge in [0, 0.05) is 10.9 Å². The molecule has 3 N–H and O–H groups in total. The summed E-state index contributed by atoms with van der Waals surface area (Å²) in [4.78, 5) is 0. The largest absolute Gasteiger partial charge is 0.382 e. The van der Waals surface area contributed by atoms with E-state index in [0.29, 0.717) is 5.82 Å². The van der Waals surface area contributed by atoms with Gasteiger partial charge in [-0.1, -0.05) is 6.92 Å². The molecule has 0 radical (unpaired) electrons. The Morgan fingerprint density at radius 2 is 2.43 bits per heavy atom. The Morgan fingerprint density at radius 3 is 3.00 bits per heavy atom. The predicted molar refractivity (Wildman–Crippen MR) is 61.2 cm³/mol. The quantitative estimate of drug-likeness (QED) is 0.883. The molecule has 0 aliphatic carbocycles. The Morgan fingerprint density at radius 1 is 1.64 bits per heavy atom. The summed E-state index contributed by atoms with van der Waals surface area (Å²) < 4.78 is 5.25. The third kappa shape index (κ3) is 1.44. The van der Waals surface area contributed by atoms with E-state index in [4.69, 9.17) is 5.73 Å². The van der Waals surface area contributed by atoms with E-state index in [1.54, 1.807) is 0 Å². The van der Waals surface area contributed by atoms with Crippen molar-refractivity contribution >= 4 is 33.3 Å². The highest BCUT2D eigenvalue weighted by atomic mass is 79.9. The molecule has 2 aromatic heterocycles. The van der Waals surface area contributed by atoms with Gasteiger partial charge in [0.05, 0.1) is 10.2 Å². The molecule has 74 valence electrons. The van der Waals surface area contributed by atoms with Crippen LogP contribution in [0, 0.1) is 0 Å². The van der Waals surface area contributed by atoms with E-state index in [1.165, 1.54) is 11.5 Å². The molecule has 0 aliphatic heterocycles. The van der Waals surface area contributed by atoms with Crippen LogP contribution in [0.3, 0.4) is 0 Å². The van der Waals surface area contributed by atoms with E-state index in [-0.39, 0.29) is 0 Å². The molecule has 0 aromatic carbocycles. The van der Waals surface area contributed by atoms with Crippen LogP contribution in [0.2, 0.25) is 0 Å². The lowest BCUT2D eigenvalue weighted by Gasteiger charge is -1.97. The van der Waals surface area contributed by atoms with E-state index in [1.807, 2.05) is 12.3 Å². The molecular formula is C8H9BrN4S.